The molecular formula is C31H36N2O4Si. The molecule has 2 atom stereocenters. The minimum Gasteiger partial charge on any atom is -0.445 e. The van der Waals surface area contributed by atoms with Crippen molar-refractivity contribution in [1.29, 1.82) is 5.26 Å². The van der Waals surface area contributed by atoms with Gasteiger partial charge in [-0.25, -0.2) is 4.79 Å². The summed E-state index contributed by atoms with van der Waals surface area (Å²) in [5, 5.41) is 14.9. The molecule has 198 valence electrons. The molecule has 1 aliphatic heterocycles. The molecule has 1 aliphatic rings. The van der Waals surface area contributed by atoms with Crippen LogP contribution in [-0.2, 0) is 20.5 Å². The molecule has 38 heavy (non-hydrogen) atoms. The van der Waals surface area contributed by atoms with Gasteiger partial charge in [-0.05, 0) is 33.8 Å². The van der Waals surface area contributed by atoms with Crippen molar-refractivity contribution in [2.45, 2.75) is 56.9 Å². The molecular weight excluding hydrogens is 492 g/mol. The van der Waals surface area contributed by atoms with E-state index in [-0.39, 0.29) is 24.4 Å². The van der Waals surface area contributed by atoms with Crippen LogP contribution in [0.2, 0.25) is 5.04 Å². The lowest BCUT2D eigenvalue weighted by atomic mass is 9.92. The highest BCUT2D eigenvalue weighted by atomic mass is 28.4. The van der Waals surface area contributed by atoms with E-state index in [1.807, 2.05) is 42.5 Å². The van der Waals surface area contributed by atoms with Gasteiger partial charge in [-0.2, -0.15) is 5.26 Å². The number of ether oxygens (including phenoxy) is 2. The number of hydrogen-bond acceptors (Lipinski definition) is 5. The average Bonchev–Trinajstić information content (AvgIpc) is 2.94. The Hall–Kier alpha value is -3.44. The van der Waals surface area contributed by atoms with Crippen LogP contribution in [0.15, 0.2) is 91.0 Å². The van der Waals surface area contributed by atoms with Crippen molar-refractivity contribution < 1.29 is 18.7 Å². The summed E-state index contributed by atoms with van der Waals surface area (Å²) in [6, 6.07) is 32.7. The lowest BCUT2D eigenvalue weighted by molar-refractivity contribution is -0.0438. The van der Waals surface area contributed by atoms with E-state index in [1.165, 1.54) is 10.4 Å². The summed E-state index contributed by atoms with van der Waals surface area (Å²) < 4.78 is 18.5. The lowest BCUT2D eigenvalue weighted by Gasteiger charge is -2.44. The van der Waals surface area contributed by atoms with Gasteiger partial charge in [0, 0.05) is 0 Å². The summed E-state index contributed by atoms with van der Waals surface area (Å²) in [4.78, 5) is 12.5. The highest BCUT2D eigenvalue weighted by molar-refractivity contribution is 6.99. The molecule has 0 bridgehead atoms. The normalized spacial score (nSPS) is 19.8. The number of carbonyl (C=O) groups is 1. The molecule has 0 saturated carbocycles. The second-order valence-electron chi connectivity index (χ2n) is 10.8. The van der Waals surface area contributed by atoms with E-state index in [4.69, 9.17) is 13.9 Å². The number of nitriles is 1. The first-order valence-corrected chi connectivity index (χ1v) is 15.0. The zero-order valence-electron chi connectivity index (χ0n) is 22.4. The molecule has 0 spiro atoms. The smallest absolute Gasteiger partial charge is 0.408 e. The van der Waals surface area contributed by atoms with Crippen molar-refractivity contribution in [1.82, 2.24) is 5.32 Å². The maximum Gasteiger partial charge on any atom is 0.408 e. The Morgan fingerprint density at radius 3 is 2.03 bits per heavy atom. The van der Waals surface area contributed by atoms with Crippen molar-refractivity contribution in [2.75, 3.05) is 13.2 Å². The predicted molar refractivity (Wildman–Crippen MR) is 151 cm³/mol. The van der Waals surface area contributed by atoms with Crippen LogP contribution in [0, 0.1) is 11.3 Å². The van der Waals surface area contributed by atoms with Crippen LogP contribution < -0.4 is 15.7 Å². The Morgan fingerprint density at radius 2 is 1.55 bits per heavy atom. The topological polar surface area (TPSA) is 80.6 Å². The highest BCUT2D eigenvalue weighted by Crippen LogP contribution is 2.37. The molecule has 0 aliphatic carbocycles. The summed E-state index contributed by atoms with van der Waals surface area (Å²) in [6.45, 7) is 7.36. The second kappa shape index (κ2) is 12.0. The van der Waals surface area contributed by atoms with Gasteiger partial charge in [0.15, 0.2) is 5.54 Å². The van der Waals surface area contributed by atoms with E-state index in [2.05, 4.69) is 80.7 Å². The second-order valence-corrected chi connectivity index (χ2v) is 15.1. The van der Waals surface area contributed by atoms with Crippen molar-refractivity contribution >= 4 is 24.8 Å². The van der Waals surface area contributed by atoms with Crippen LogP contribution in [0.4, 0.5) is 4.79 Å². The number of alkyl carbamates (subject to hydrolysis) is 1. The Labute approximate surface area is 226 Å². The van der Waals surface area contributed by atoms with E-state index >= 15 is 0 Å². The SMILES string of the molecule is CC(C)(C)[Si](OCC1CC[C@@](C#N)(NC(=O)OCc2ccccc2)CO1)(c1ccccc1)c1ccccc1. The lowest BCUT2D eigenvalue weighted by Crippen LogP contribution is -2.67. The van der Waals surface area contributed by atoms with E-state index < -0.39 is 19.9 Å². The quantitative estimate of drug-likeness (QED) is 0.419. The van der Waals surface area contributed by atoms with Crippen LogP contribution in [0.1, 0.15) is 39.2 Å². The summed E-state index contributed by atoms with van der Waals surface area (Å²) in [7, 11) is -2.68. The molecule has 0 radical (unpaired) electrons. The maximum atomic E-state index is 12.5. The maximum absolute atomic E-state index is 12.5. The molecule has 1 saturated heterocycles. The number of carbonyl (C=O) groups excluding carboxylic acids is 1. The molecule has 1 N–H and O–H groups in total. The summed E-state index contributed by atoms with van der Waals surface area (Å²) in [6.07, 6.45) is 0.241. The minimum absolute atomic E-state index is 0.0821. The molecule has 4 rings (SSSR count). The Kier molecular flexibility index (Phi) is 8.68. The van der Waals surface area contributed by atoms with Gasteiger partial charge >= 0.3 is 6.09 Å². The van der Waals surface area contributed by atoms with Crippen molar-refractivity contribution in [3.63, 3.8) is 0 Å². The Morgan fingerprint density at radius 1 is 1.00 bits per heavy atom. The number of hydrogen-bond donors (Lipinski definition) is 1. The van der Waals surface area contributed by atoms with Gasteiger partial charge < -0.3 is 19.2 Å². The minimum atomic E-state index is -2.68. The first kappa shape index (κ1) is 27.6. The third kappa shape index (κ3) is 6.16. The molecule has 3 aromatic carbocycles. The van der Waals surface area contributed by atoms with Gasteiger partial charge in [0.25, 0.3) is 8.32 Å². The largest absolute Gasteiger partial charge is 0.445 e. The average molecular weight is 529 g/mol. The van der Waals surface area contributed by atoms with Gasteiger partial charge in [-0.1, -0.05) is 112 Å². The first-order valence-electron chi connectivity index (χ1n) is 13.0. The fraction of sp³-hybridized carbons (Fsp3) is 0.355. The predicted octanol–water partition coefficient (Wildman–Crippen LogP) is 4.93. The van der Waals surface area contributed by atoms with Gasteiger partial charge in [0.05, 0.1) is 25.4 Å². The molecule has 1 fully saturated rings. The van der Waals surface area contributed by atoms with Crippen LogP contribution in [0.5, 0.6) is 0 Å². The number of rotatable bonds is 8. The molecule has 1 amide bonds. The van der Waals surface area contributed by atoms with Crippen LogP contribution in [-0.4, -0.2) is 39.3 Å². The van der Waals surface area contributed by atoms with Crippen molar-refractivity contribution in [3.8, 4) is 6.07 Å². The summed E-state index contributed by atoms with van der Waals surface area (Å²) in [5.74, 6) is 0. The van der Waals surface area contributed by atoms with Crippen molar-refractivity contribution in [3.05, 3.63) is 96.6 Å². The molecule has 1 unspecified atom stereocenters. The number of nitrogens with one attached hydrogen (secondary N) is 1. The summed E-state index contributed by atoms with van der Waals surface area (Å²) >= 11 is 0. The van der Waals surface area contributed by atoms with E-state index in [0.717, 1.165) is 5.56 Å². The monoisotopic (exact) mass is 528 g/mol. The third-order valence-electron chi connectivity index (χ3n) is 7.13. The third-order valence-corrected chi connectivity index (χ3v) is 12.1. The first-order chi connectivity index (χ1) is 18.3. The van der Waals surface area contributed by atoms with E-state index in [0.29, 0.717) is 19.4 Å². The molecule has 1 heterocycles. The van der Waals surface area contributed by atoms with Crippen LogP contribution >= 0.6 is 0 Å². The van der Waals surface area contributed by atoms with Gasteiger partial charge in [-0.15, -0.1) is 0 Å². The van der Waals surface area contributed by atoms with E-state index in [9.17, 15) is 10.1 Å². The van der Waals surface area contributed by atoms with Gasteiger partial charge in [0.1, 0.15) is 6.61 Å². The number of nitrogens with zero attached hydrogens (tertiary/aromatic N) is 1. The fourth-order valence-corrected chi connectivity index (χ4v) is 9.69. The standard InChI is InChI=1S/C31H36N2O4Si/c1-30(2,3)38(27-15-9-5-10-16-27,28-17-11-6-12-18-28)37-22-26-19-20-31(23-32,24-36-26)33-29(34)35-21-25-13-7-4-8-14-25/h4-18,26H,19-22,24H2,1-3H3,(H,33,34)/t26?,31-/m0/s1. The molecule has 6 nitrogen and oxygen atoms in total. The fourth-order valence-electron chi connectivity index (χ4n) is 5.10. The van der Waals surface area contributed by atoms with Crippen LogP contribution in [0.25, 0.3) is 0 Å². The molecule has 3 aromatic rings. The van der Waals surface area contributed by atoms with Gasteiger partial charge in [0.2, 0.25) is 0 Å². The van der Waals surface area contributed by atoms with Gasteiger partial charge in [-0.3, -0.25) is 0 Å². The highest BCUT2D eigenvalue weighted by Gasteiger charge is 2.50. The van der Waals surface area contributed by atoms with Crippen molar-refractivity contribution in [2.24, 2.45) is 0 Å². The van der Waals surface area contributed by atoms with E-state index in [1.54, 1.807) is 0 Å². The summed E-state index contributed by atoms with van der Waals surface area (Å²) in [5.41, 5.74) is -0.240. The number of benzene rings is 3. The molecule has 7 heteroatoms. The molecule has 0 aromatic heterocycles. The Balaban J connectivity index is 1.43. The van der Waals surface area contributed by atoms with Crippen LogP contribution in [0.3, 0.4) is 0 Å². The Bertz CT molecular complexity index is 1180. The number of amides is 1. The zero-order valence-corrected chi connectivity index (χ0v) is 23.4. The zero-order chi connectivity index (χ0) is 27.1.